The molecule has 1 aliphatic rings. The zero-order valence-corrected chi connectivity index (χ0v) is 30.4. The van der Waals surface area contributed by atoms with Crippen molar-refractivity contribution in [1.82, 2.24) is 0 Å². The van der Waals surface area contributed by atoms with Crippen molar-refractivity contribution >= 4 is 5.78 Å². The predicted molar refractivity (Wildman–Crippen MR) is 202 cm³/mol. The lowest BCUT2D eigenvalue weighted by Gasteiger charge is -2.32. The number of Topliss-reactive ketones (excluding diaryl/α,β-unsaturated/α-hetero) is 1. The van der Waals surface area contributed by atoms with Gasteiger partial charge in [-0.25, -0.2) is 0 Å². The third-order valence-corrected chi connectivity index (χ3v) is 8.62. The summed E-state index contributed by atoms with van der Waals surface area (Å²) in [6, 6.07) is 40.1. The van der Waals surface area contributed by atoms with E-state index in [1.807, 2.05) is 121 Å². The number of ether oxygens (including phenoxy) is 6. The standard InChI is InChI=1S/C45H52O7/c1-36(46)21-11-5-3-2-4-6-20-30-48-45-44(51-34-40-28-18-10-19-29-40)43(50-33-39-26-16-9-17-27-39)42(49-32-38-24-14-8-15-25-38)41(52-45)35-47-31-37-22-12-7-13-23-37/h7-10,12-19,22-29,45H,2-6,11,20-21,30-35H2,1H3/t45-/m0/s1. The van der Waals surface area contributed by atoms with E-state index in [1.54, 1.807) is 6.92 Å². The lowest BCUT2D eigenvalue weighted by atomic mass is 10.1. The van der Waals surface area contributed by atoms with Crippen molar-refractivity contribution in [3.05, 3.63) is 167 Å². The van der Waals surface area contributed by atoms with Gasteiger partial charge in [-0.05, 0) is 42.0 Å². The monoisotopic (exact) mass is 704 g/mol. The van der Waals surface area contributed by atoms with Gasteiger partial charge in [0.1, 0.15) is 32.2 Å². The molecule has 4 aromatic carbocycles. The molecule has 0 amide bonds. The largest absolute Gasteiger partial charge is 0.483 e. The van der Waals surface area contributed by atoms with Crippen LogP contribution < -0.4 is 0 Å². The fourth-order valence-corrected chi connectivity index (χ4v) is 5.79. The molecule has 0 fully saturated rings. The van der Waals surface area contributed by atoms with E-state index in [0.29, 0.717) is 62.5 Å². The van der Waals surface area contributed by atoms with Crippen LogP contribution in [0.5, 0.6) is 0 Å². The molecule has 0 N–H and O–H groups in total. The summed E-state index contributed by atoms with van der Waals surface area (Å²) in [5.74, 6) is 2.06. The van der Waals surface area contributed by atoms with E-state index in [0.717, 1.165) is 67.2 Å². The second kappa shape index (κ2) is 22.2. The Balaban J connectivity index is 1.38. The van der Waals surface area contributed by atoms with Gasteiger partial charge in [0, 0.05) is 6.42 Å². The van der Waals surface area contributed by atoms with Crippen molar-refractivity contribution in [2.75, 3.05) is 13.2 Å². The van der Waals surface area contributed by atoms with Crippen LogP contribution in [0.15, 0.2) is 144 Å². The molecule has 0 aliphatic carbocycles. The van der Waals surface area contributed by atoms with Crippen molar-refractivity contribution < 1.29 is 33.2 Å². The van der Waals surface area contributed by atoms with Crippen LogP contribution in [0.25, 0.3) is 0 Å². The predicted octanol–water partition coefficient (Wildman–Crippen LogP) is 10.4. The fraction of sp³-hybridized carbons (Fsp3) is 0.356. The van der Waals surface area contributed by atoms with Gasteiger partial charge in [0.15, 0.2) is 5.76 Å². The van der Waals surface area contributed by atoms with E-state index in [2.05, 4.69) is 0 Å². The summed E-state index contributed by atoms with van der Waals surface area (Å²) < 4.78 is 39.1. The van der Waals surface area contributed by atoms with Gasteiger partial charge in [0.2, 0.25) is 17.3 Å². The Hall–Kier alpha value is -4.85. The summed E-state index contributed by atoms with van der Waals surface area (Å²) in [5.41, 5.74) is 4.07. The average molecular weight is 705 g/mol. The number of rotatable bonds is 24. The minimum Gasteiger partial charge on any atom is -0.483 e. The molecule has 0 unspecified atom stereocenters. The van der Waals surface area contributed by atoms with Crippen LogP contribution in [-0.4, -0.2) is 25.3 Å². The Labute approximate surface area is 309 Å². The molecule has 7 nitrogen and oxygen atoms in total. The first-order valence-corrected chi connectivity index (χ1v) is 18.5. The van der Waals surface area contributed by atoms with Crippen molar-refractivity contribution in [3.8, 4) is 0 Å². The number of carbonyl (C=O) groups is 1. The molecule has 7 heteroatoms. The first-order valence-electron chi connectivity index (χ1n) is 18.5. The third-order valence-electron chi connectivity index (χ3n) is 8.62. The van der Waals surface area contributed by atoms with Crippen LogP contribution in [0.1, 0.15) is 80.5 Å². The number of unbranched alkanes of at least 4 members (excludes halogenated alkanes) is 6. The molecule has 1 heterocycles. The normalized spacial score (nSPS) is 14.2. The highest BCUT2D eigenvalue weighted by Crippen LogP contribution is 2.35. The smallest absolute Gasteiger partial charge is 0.262 e. The van der Waals surface area contributed by atoms with Crippen LogP contribution in [0.4, 0.5) is 0 Å². The van der Waals surface area contributed by atoms with Crippen LogP contribution in [-0.2, 0) is 59.6 Å². The molecule has 0 aromatic heterocycles. The lowest BCUT2D eigenvalue weighted by molar-refractivity contribution is -0.143. The average Bonchev–Trinajstić information content (AvgIpc) is 3.18. The zero-order valence-electron chi connectivity index (χ0n) is 30.4. The van der Waals surface area contributed by atoms with E-state index >= 15 is 0 Å². The number of benzene rings is 4. The van der Waals surface area contributed by atoms with Crippen LogP contribution in [0.3, 0.4) is 0 Å². The SMILES string of the molecule is CC(=O)CCCCCCCCCO[C@H]1OC(COCc2ccccc2)=C(OCc2ccccc2)C(OCc2ccccc2)=C1OCc1ccccc1. The molecule has 4 aromatic rings. The quantitative estimate of drug-likeness (QED) is 0.0672. The van der Waals surface area contributed by atoms with Crippen LogP contribution >= 0.6 is 0 Å². The van der Waals surface area contributed by atoms with Gasteiger partial charge >= 0.3 is 0 Å². The van der Waals surface area contributed by atoms with Gasteiger partial charge in [0.05, 0.1) is 13.2 Å². The first kappa shape index (κ1) is 38.4. The van der Waals surface area contributed by atoms with Gasteiger partial charge in [-0.3, -0.25) is 0 Å². The first-order chi connectivity index (χ1) is 25.7. The highest BCUT2D eigenvalue weighted by molar-refractivity contribution is 5.75. The molecule has 0 spiro atoms. The van der Waals surface area contributed by atoms with Crippen LogP contribution in [0, 0.1) is 0 Å². The Bertz CT molecular complexity index is 1650. The molecule has 0 saturated heterocycles. The van der Waals surface area contributed by atoms with Gasteiger partial charge in [-0.2, -0.15) is 0 Å². The Kier molecular flexibility index (Phi) is 16.4. The van der Waals surface area contributed by atoms with Gasteiger partial charge < -0.3 is 33.2 Å². The number of hydrogen-bond acceptors (Lipinski definition) is 7. The highest BCUT2D eigenvalue weighted by Gasteiger charge is 2.36. The summed E-state index contributed by atoms with van der Waals surface area (Å²) in [6.45, 7) is 3.59. The van der Waals surface area contributed by atoms with Crippen molar-refractivity contribution in [2.45, 2.75) is 91.0 Å². The van der Waals surface area contributed by atoms with E-state index in [4.69, 9.17) is 28.4 Å². The summed E-state index contributed by atoms with van der Waals surface area (Å²) in [6.07, 6.45) is 7.22. The molecule has 5 rings (SSSR count). The number of hydrogen-bond donors (Lipinski definition) is 0. The maximum Gasteiger partial charge on any atom is 0.262 e. The Morgan fingerprint density at radius 1 is 0.519 bits per heavy atom. The van der Waals surface area contributed by atoms with Gasteiger partial charge in [-0.1, -0.05) is 153 Å². The molecule has 1 aliphatic heterocycles. The maximum atomic E-state index is 11.2. The summed E-state index contributed by atoms with van der Waals surface area (Å²) >= 11 is 0. The van der Waals surface area contributed by atoms with E-state index < -0.39 is 6.29 Å². The number of carbonyl (C=O) groups excluding carboxylic acids is 1. The minimum atomic E-state index is -0.861. The van der Waals surface area contributed by atoms with E-state index in [9.17, 15) is 4.79 Å². The molecule has 1 atom stereocenters. The zero-order chi connectivity index (χ0) is 36.1. The molecule has 52 heavy (non-hydrogen) atoms. The van der Waals surface area contributed by atoms with Crippen molar-refractivity contribution in [1.29, 1.82) is 0 Å². The van der Waals surface area contributed by atoms with E-state index in [1.165, 1.54) is 0 Å². The Morgan fingerprint density at radius 3 is 1.48 bits per heavy atom. The topological polar surface area (TPSA) is 72.5 Å². The third kappa shape index (κ3) is 13.4. The molecule has 274 valence electrons. The molecule has 0 bridgehead atoms. The van der Waals surface area contributed by atoms with E-state index in [-0.39, 0.29) is 12.4 Å². The minimum absolute atomic E-state index is 0.146. The number of ketones is 1. The molecular formula is C45H52O7. The second-order valence-electron chi connectivity index (χ2n) is 13.0. The molecule has 0 radical (unpaired) electrons. The summed E-state index contributed by atoms with van der Waals surface area (Å²) in [7, 11) is 0. The maximum absolute atomic E-state index is 11.2. The summed E-state index contributed by atoms with van der Waals surface area (Å²) in [4.78, 5) is 11.2. The fourth-order valence-electron chi connectivity index (χ4n) is 5.79. The van der Waals surface area contributed by atoms with Gasteiger partial charge in [-0.15, -0.1) is 0 Å². The highest BCUT2D eigenvalue weighted by atomic mass is 16.7. The second-order valence-corrected chi connectivity index (χ2v) is 13.0. The molecule has 0 saturated carbocycles. The van der Waals surface area contributed by atoms with Gasteiger partial charge in [0.25, 0.3) is 6.29 Å². The van der Waals surface area contributed by atoms with Crippen LogP contribution in [0.2, 0.25) is 0 Å². The molecular weight excluding hydrogens is 652 g/mol. The Morgan fingerprint density at radius 2 is 0.962 bits per heavy atom. The lowest BCUT2D eigenvalue weighted by Crippen LogP contribution is -2.31. The summed E-state index contributed by atoms with van der Waals surface area (Å²) in [5, 5.41) is 0. The van der Waals surface area contributed by atoms with Crippen molar-refractivity contribution in [2.24, 2.45) is 0 Å². The van der Waals surface area contributed by atoms with Crippen molar-refractivity contribution in [3.63, 3.8) is 0 Å².